The summed E-state index contributed by atoms with van der Waals surface area (Å²) in [5, 5.41) is 0. The molecule has 0 spiro atoms. The monoisotopic (exact) mass is 198 g/mol. The molecule has 0 saturated heterocycles. The van der Waals surface area contributed by atoms with Crippen molar-refractivity contribution >= 4 is 5.97 Å². The van der Waals surface area contributed by atoms with Crippen LogP contribution in [0.25, 0.3) is 0 Å². The fraction of sp³-hybridized carbons (Fsp3) is 0.444. The maximum Gasteiger partial charge on any atom is 0.359 e. The number of rotatable bonds is 2. The Morgan fingerprint density at radius 3 is 2.64 bits per heavy atom. The highest BCUT2D eigenvalue weighted by Gasteiger charge is 2.19. The van der Waals surface area contributed by atoms with Gasteiger partial charge in [-0.1, -0.05) is 13.8 Å². The van der Waals surface area contributed by atoms with Crippen molar-refractivity contribution in [2.75, 3.05) is 7.11 Å². The summed E-state index contributed by atoms with van der Waals surface area (Å²) in [5.74, 6) is -1.58. The van der Waals surface area contributed by atoms with E-state index in [2.05, 4.69) is 14.7 Å². The lowest BCUT2D eigenvalue weighted by Crippen LogP contribution is -2.11. The van der Waals surface area contributed by atoms with Gasteiger partial charge in [-0.3, -0.25) is 0 Å². The molecule has 0 unspecified atom stereocenters. The van der Waals surface area contributed by atoms with E-state index < -0.39 is 11.8 Å². The molecule has 0 aromatic carbocycles. The molecule has 0 bridgehead atoms. The van der Waals surface area contributed by atoms with Crippen LogP contribution in [-0.4, -0.2) is 23.0 Å². The Balaban J connectivity index is 3.20. The SMILES string of the molecule is COC(=O)c1ncnc(C(C)C)c1F. The van der Waals surface area contributed by atoms with Crippen molar-refractivity contribution in [1.29, 1.82) is 0 Å². The zero-order valence-electron chi connectivity index (χ0n) is 8.24. The van der Waals surface area contributed by atoms with E-state index in [1.54, 1.807) is 13.8 Å². The molecular formula is C9H11FN2O2. The second kappa shape index (κ2) is 4.13. The number of esters is 1. The van der Waals surface area contributed by atoms with E-state index in [0.717, 1.165) is 6.33 Å². The van der Waals surface area contributed by atoms with Crippen molar-refractivity contribution in [3.8, 4) is 0 Å². The average Bonchev–Trinajstić information content (AvgIpc) is 2.16. The summed E-state index contributed by atoms with van der Waals surface area (Å²) >= 11 is 0. The first-order valence-corrected chi connectivity index (χ1v) is 4.16. The Morgan fingerprint density at radius 2 is 2.14 bits per heavy atom. The summed E-state index contributed by atoms with van der Waals surface area (Å²) in [7, 11) is 1.18. The lowest BCUT2D eigenvalue weighted by atomic mass is 10.1. The topological polar surface area (TPSA) is 52.1 Å². The number of halogens is 1. The van der Waals surface area contributed by atoms with Crippen LogP contribution in [0.3, 0.4) is 0 Å². The van der Waals surface area contributed by atoms with Crippen molar-refractivity contribution in [2.45, 2.75) is 19.8 Å². The summed E-state index contributed by atoms with van der Waals surface area (Å²) in [6.45, 7) is 3.57. The average molecular weight is 198 g/mol. The maximum atomic E-state index is 13.5. The first kappa shape index (κ1) is 10.6. The van der Waals surface area contributed by atoms with Crippen molar-refractivity contribution in [1.82, 2.24) is 9.97 Å². The fourth-order valence-electron chi connectivity index (χ4n) is 1.02. The molecule has 1 aromatic rings. The summed E-state index contributed by atoms with van der Waals surface area (Å²) < 4.78 is 17.9. The lowest BCUT2D eigenvalue weighted by molar-refractivity contribution is 0.0587. The highest BCUT2D eigenvalue weighted by Crippen LogP contribution is 2.17. The van der Waals surface area contributed by atoms with Crippen LogP contribution in [0.5, 0.6) is 0 Å². The first-order chi connectivity index (χ1) is 6.57. The van der Waals surface area contributed by atoms with Crippen LogP contribution in [0.15, 0.2) is 6.33 Å². The number of methoxy groups -OCH3 is 1. The van der Waals surface area contributed by atoms with Crippen LogP contribution in [0.4, 0.5) is 4.39 Å². The third-order valence-electron chi connectivity index (χ3n) is 1.74. The Labute approximate surface area is 81.1 Å². The van der Waals surface area contributed by atoms with Crippen LogP contribution in [-0.2, 0) is 4.74 Å². The van der Waals surface area contributed by atoms with E-state index in [1.165, 1.54) is 7.11 Å². The van der Waals surface area contributed by atoms with E-state index in [4.69, 9.17) is 0 Å². The van der Waals surface area contributed by atoms with Gasteiger partial charge in [0.1, 0.15) is 6.33 Å². The molecule has 76 valence electrons. The Bertz CT molecular complexity index is 353. The smallest absolute Gasteiger partial charge is 0.359 e. The largest absolute Gasteiger partial charge is 0.464 e. The lowest BCUT2D eigenvalue weighted by Gasteiger charge is -2.07. The number of carbonyl (C=O) groups excluding carboxylic acids is 1. The van der Waals surface area contributed by atoms with E-state index in [0.29, 0.717) is 0 Å². The van der Waals surface area contributed by atoms with Crippen LogP contribution in [0, 0.1) is 5.82 Å². The van der Waals surface area contributed by atoms with Crippen molar-refractivity contribution in [2.24, 2.45) is 0 Å². The van der Waals surface area contributed by atoms with Gasteiger partial charge in [0.05, 0.1) is 12.8 Å². The van der Waals surface area contributed by atoms with Crippen molar-refractivity contribution in [3.63, 3.8) is 0 Å². The van der Waals surface area contributed by atoms with Gasteiger partial charge in [0.15, 0.2) is 11.5 Å². The number of nitrogens with zero attached hydrogens (tertiary/aromatic N) is 2. The number of hydrogen-bond donors (Lipinski definition) is 0. The van der Waals surface area contributed by atoms with Gasteiger partial charge in [-0.2, -0.15) is 0 Å². The molecule has 0 atom stereocenters. The third kappa shape index (κ3) is 1.86. The second-order valence-corrected chi connectivity index (χ2v) is 3.07. The number of hydrogen-bond acceptors (Lipinski definition) is 4. The molecule has 0 radical (unpaired) electrons. The predicted molar refractivity (Wildman–Crippen MR) is 47.4 cm³/mol. The Kier molecular flexibility index (Phi) is 3.11. The molecule has 0 N–H and O–H groups in total. The standard InChI is InChI=1S/C9H11FN2O2/c1-5(2)7-6(10)8(9(13)14-3)12-4-11-7/h4-5H,1-3H3. The number of carbonyl (C=O) groups is 1. The minimum atomic E-state index is -0.785. The van der Waals surface area contributed by atoms with Gasteiger partial charge in [0.2, 0.25) is 0 Å². The van der Waals surface area contributed by atoms with E-state index >= 15 is 0 Å². The molecule has 0 aliphatic carbocycles. The molecule has 14 heavy (non-hydrogen) atoms. The van der Waals surface area contributed by atoms with E-state index in [-0.39, 0.29) is 17.3 Å². The summed E-state index contributed by atoms with van der Waals surface area (Å²) in [6, 6.07) is 0. The van der Waals surface area contributed by atoms with Crippen LogP contribution >= 0.6 is 0 Å². The predicted octanol–water partition coefficient (Wildman–Crippen LogP) is 1.53. The molecular weight excluding hydrogens is 187 g/mol. The minimum absolute atomic E-state index is 0.0959. The molecule has 0 aliphatic rings. The Hall–Kier alpha value is -1.52. The zero-order chi connectivity index (χ0) is 10.7. The van der Waals surface area contributed by atoms with Gasteiger partial charge >= 0.3 is 5.97 Å². The van der Waals surface area contributed by atoms with E-state index in [1.807, 2.05) is 0 Å². The zero-order valence-corrected chi connectivity index (χ0v) is 8.24. The minimum Gasteiger partial charge on any atom is -0.464 e. The van der Waals surface area contributed by atoms with E-state index in [9.17, 15) is 9.18 Å². The Morgan fingerprint density at radius 1 is 1.50 bits per heavy atom. The highest BCUT2D eigenvalue weighted by molar-refractivity contribution is 5.87. The number of aromatic nitrogens is 2. The highest BCUT2D eigenvalue weighted by atomic mass is 19.1. The second-order valence-electron chi connectivity index (χ2n) is 3.07. The summed E-state index contributed by atoms with van der Waals surface area (Å²) in [4.78, 5) is 18.3. The van der Waals surface area contributed by atoms with Gasteiger partial charge in [-0.25, -0.2) is 19.2 Å². The van der Waals surface area contributed by atoms with Crippen molar-refractivity contribution in [3.05, 3.63) is 23.5 Å². The van der Waals surface area contributed by atoms with Crippen LogP contribution < -0.4 is 0 Å². The molecule has 0 aliphatic heterocycles. The molecule has 0 saturated carbocycles. The molecule has 4 nitrogen and oxygen atoms in total. The fourth-order valence-corrected chi connectivity index (χ4v) is 1.02. The molecule has 0 amide bonds. The summed E-state index contributed by atoms with van der Waals surface area (Å²) in [6.07, 6.45) is 1.16. The number of ether oxygens (including phenoxy) is 1. The molecule has 1 heterocycles. The molecule has 1 rings (SSSR count). The molecule has 1 aromatic heterocycles. The quantitative estimate of drug-likeness (QED) is 0.676. The summed E-state index contributed by atoms with van der Waals surface area (Å²) in [5.41, 5.74) is -0.0911. The maximum absolute atomic E-state index is 13.5. The third-order valence-corrected chi connectivity index (χ3v) is 1.74. The van der Waals surface area contributed by atoms with Crippen molar-refractivity contribution < 1.29 is 13.9 Å². The van der Waals surface area contributed by atoms with Crippen LogP contribution in [0.2, 0.25) is 0 Å². The van der Waals surface area contributed by atoms with Gasteiger partial charge in [0, 0.05) is 0 Å². The molecule has 0 fully saturated rings. The van der Waals surface area contributed by atoms with Gasteiger partial charge in [-0.15, -0.1) is 0 Å². The normalized spacial score (nSPS) is 10.4. The van der Waals surface area contributed by atoms with Gasteiger partial charge in [-0.05, 0) is 5.92 Å². The molecule has 5 heteroatoms. The van der Waals surface area contributed by atoms with Crippen LogP contribution in [0.1, 0.15) is 35.9 Å². The van der Waals surface area contributed by atoms with Gasteiger partial charge < -0.3 is 4.74 Å². The van der Waals surface area contributed by atoms with Gasteiger partial charge in [0.25, 0.3) is 0 Å². The first-order valence-electron chi connectivity index (χ1n) is 4.16.